The van der Waals surface area contributed by atoms with Crippen LogP contribution in [-0.4, -0.2) is 70.0 Å². The Balaban J connectivity index is 2.21. The molecule has 11 heteroatoms. The van der Waals surface area contributed by atoms with Crippen molar-refractivity contribution in [2.45, 2.75) is 64.2 Å². The maximum Gasteiger partial charge on any atom is 0.326 e. The van der Waals surface area contributed by atoms with E-state index < -0.39 is 47.9 Å². The van der Waals surface area contributed by atoms with Gasteiger partial charge in [-0.25, -0.2) is 4.79 Å². The molecule has 0 saturated heterocycles. The summed E-state index contributed by atoms with van der Waals surface area (Å²) >= 11 is 1.48. The number of aromatic nitrogens is 1. The molecule has 7 N–H and O–H groups in total. The topological polar surface area (TPSA) is 166 Å². The molecular weight excluding hydrogens is 482 g/mol. The van der Waals surface area contributed by atoms with Crippen LogP contribution in [0.5, 0.6) is 0 Å². The van der Waals surface area contributed by atoms with Crippen molar-refractivity contribution in [2.75, 3.05) is 12.0 Å². The average molecular weight is 520 g/mol. The Morgan fingerprint density at radius 1 is 1.03 bits per heavy atom. The predicted octanol–water partition coefficient (Wildman–Crippen LogP) is 1.40. The maximum absolute atomic E-state index is 13.2. The summed E-state index contributed by atoms with van der Waals surface area (Å²) in [5.41, 5.74) is 7.63. The summed E-state index contributed by atoms with van der Waals surface area (Å²) in [5, 5.41) is 18.3. The zero-order valence-electron chi connectivity index (χ0n) is 21.2. The first kappa shape index (κ1) is 29.2. The van der Waals surface area contributed by atoms with Crippen molar-refractivity contribution in [3.63, 3.8) is 0 Å². The molecule has 1 aromatic carbocycles. The lowest BCUT2D eigenvalue weighted by molar-refractivity contribution is -0.142. The molecule has 0 aliphatic heterocycles. The van der Waals surface area contributed by atoms with Crippen molar-refractivity contribution in [3.8, 4) is 0 Å². The summed E-state index contributed by atoms with van der Waals surface area (Å²) in [4.78, 5) is 53.4. The van der Waals surface area contributed by atoms with E-state index in [0.717, 1.165) is 16.5 Å². The molecule has 0 spiro atoms. The molecule has 2 aromatic rings. The molecule has 36 heavy (non-hydrogen) atoms. The van der Waals surface area contributed by atoms with Gasteiger partial charge in [0, 0.05) is 23.5 Å². The SMILES string of the molecule is CCC(C)C(N)C(=O)NC(C)C(=O)NC(Cc1c[nH]c2ccccc12)C(=O)NC(CCSC)C(=O)O. The fourth-order valence-corrected chi connectivity index (χ4v) is 4.15. The van der Waals surface area contributed by atoms with E-state index >= 15 is 0 Å². The van der Waals surface area contributed by atoms with Crippen LogP contribution in [0.15, 0.2) is 30.5 Å². The van der Waals surface area contributed by atoms with Gasteiger partial charge in [0.1, 0.15) is 18.1 Å². The number of hydrogen-bond donors (Lipinski definition) is 6. The van der Waals surface area contributed by atoms with Gasteiger partial charge in [0.15, 0.2) is 0 Å². The fraction of sp³-hybridized carbons (Fsp3) is 0.520. The maximum atomic E-state index is 13.2. The van der Waals surface area contributed by atoms with Gasteiger partial charge in [-0.05, 0) is 42.9 Å². The van der Waals surface area contributed by atoms with Gasteiger partial charge in [0.2, 0.25) is 17.7 Å². The lowest BCUT2D eigenvalue weighted by Gasteiger charge is -2.24. The van der Waals surface area contributed by atoms with E-state index in [1.807, 2.05) is 44.4 Å². The lowest BCUT2D eigenvalue weighted by Crippen LogP contribution is -2.57. The third-order valence-electron chi connectivity index (χ3n) is 6.27. The van der Waals surface area contributed by atoms with Gasteiger partial charge in [-0.3, -0.25) is 14.4 Å². The number of H-pyrrole nitrogens is 1. The number of nitrogens with two attached hydrogens (primary N) is 1. The summed E-state index contributed by atoms with van der Waals surface area (Å²) < 4.78 is 0. The van der Waals surface area contributed by atoms with Gasteiger partial charge in [-0.1, -0.05) is 38.5 Å². The zero-order valence-corrected chi connectivity index (χ0v) is 22.0. The fourth-order valence-electron chi connectivity index (χ4n) is 3.68. The molecule has 198 valence electrons. The second-order valence-corrected chi connectivity index (χ2v) is 9.93. The van der Waals surface area contributed by atoms with E-state index in [2.05, 4.69) is 20.9 Å². The number of amides is 3. The van der Waals surface area contributed by atoms with Gasteiger partial charge in [0.05, 0.1) is 6.04 Å². The molecule has 0 saturated carbocycles. The van der Waals surface area contributed by atoms with Crippen LogP contribution in [0.4, 0.5) is 0 Å². The van der Waals surface area contributed by atoms with Crippen LogP contribution in [-0.2, 0) is 25.6 Å². The van der Waals surface area contributed by atoms with Crippen LogP contribution in [0.1, 0.15) is 39.2 Å². The van der Waals surface area contributed by atoms with Crippen molar-refractivity contribution < 1.29 is 24.3 Å². The largest absolute Gasteiger partial charge is 0.480 e. The smallest absolute Gasteiger partial charge is 0.326 e. The zero-order chi connectivity index (χ0) is 26.8. The van der Waals surface area contributed by atoms with Crippen LogP contribution in [0, 0.1) is 5.92 Å². The Labute approximate surface area is 215 Å². The Morgan fingerprint density at radius 3 is 2.33 bits per heavy atom. The number of para-hydroxylation sites is 1. The number of hydrogen-bond acceptors (Lipinski definition) is 6. The Bertz CT molecular complexity index is 1060. The van der Waals surface area contributed by atoms with Gasteiger partial charge < -0.3 is 31.8 Å². The highest BCUT2D eigenvalue weighted by Gasteiger charge is 2.30. The molecule has 5 unspecified atom stereocenters. The molecule has 2 rings (SSSR count). The van der Waals surface area contributed by atoms with Crippen molar-refractivity contribution in [3.05, 3.63) is 36.0 Å². The number of thioether (sulfide) groups is 1. The summed E-state index contributed by atoms with van der Waals surface area (Å²) in [6.07, 6.45) is 4.70. The lowest BCUT2D eigenvalue weighted by atomic mass is 9.99. The average Bonchev–Trinajstić information content (AvgIpc) is 3.27. The number of carboxylic acids is 1. The molecule has 1 aromatic heterocycles. The quantitative estimate of drug-likeness (QED) is 0.219. The second kappa shape index (κ2) is 13.9. The second-order valence-electron chi connectivity index (χ2n) is 8.95. The molecule has 5 atom stereocenters. The molecule has 3 amide bonds. The van der Waals surface area contributed by atoms with Crippen molar-refractivity contribution in [2.24, 2.45) is 11.7 Å². The molecule has 1 heterocycles. The van der Waals surface area contributed by atoms with E-state index in [1.54, 1.807) is 6.20 Å². The summed E-state index contributed by atoms with van der Waals surface area (Å²) in [6.45, 7) is 5.29. The minimum absolute atomic E-state index is 0.0603. The first-order valence-electron chi connectivity index (χ1n) is 12.0. The molecule has 10 nitrogen and oxygen atoms in total. The van der Waals surface area contributed by atoms with E-state index in [0.29, 0.717) is 12.2 Å². The number of carbonyl (C=O) groups is 4. The predicted molar refractivity (Wildman–Crippen MR) is 142 cm³/mol. The van der Waals surface area contributed by atoms with E-state index in [9.17, 15) is 24.3 Å². The molecule has 0 radical (unpaired) electrons. The minimum Gasteiger partial charge on any atom is -0.480 e. The Morgan fingerprint density at radius 2 is 1.69 bits per heavy atom. The van der Waals surface area contributed by atoms with Crippen LogP contribution in [0.25, 0.3) is 10.9 Å². The highest BCUT2D eigenvalue weighted by Crippen LogP contribution is 2.19. The Kier molecular flexibility index (Phi) is 11.3. The number of rotatable bonds is 14. The molecule has 0 fully saturated rings. The molecule has 0 aliphatic carbocycles. The van der Waals surface area contributed by atoms with Crippen molar-refractivity contribution >= 4 is 46.4 Å². The van der Waals surface area contributed by atoms with Gasteiger partial charge in [0.25, 0.3) is 0 Å². The van der Waals surface area contributed by atoms with E-state index in [-0.39, 0.29) is 18.8 Å². The van der Waals surface area contributed by atoms with Gasteiger partial charge in [-0.2, -0.15) is 11.8 Å². The van der Waals surface area contributed by atoms with E-state index in [4.69, 9.17) is 5.73 Å². The number of nitrogens with one attached hydrogen (secondary N) is 4. The van der Waals surface area contributed by atoms with Crippen LogP contribution >= 0.6 is 11.8 Å². The molecule has 0 aliphatic rings. The summed E-state index contributed by atoms with van der Waals surface area (Å²) in [5.74, 6) is -2.29. The van der Waals surface area contributed by atoms with Gasteiger partial charge >= 0.3 is 5.97 Å². The number of carbonyl (C=O) groups excluding carboxylic acids is 3. The summed E-state index contributed by atoms with van der Waals surface area (Å²) in [7, 11) is 0. The highest BCUT2D eigenvalue weighted by atomic mass is 32.2. The number of aromatic amines is 1. The number of aliphatic carboxylic acids is 1. The normalized spacial score (nSPS) is 15.4. The summed E-state index contributed by atoms with van der Waals surface area (Å²) in [6, 6.07) is 3.69. The standard InChI is InChI=1S/C25H37N5O5S/c1-5-14(2)21(26)24(33)28-15(3)22(31)30-20(23(32)29-19(25(34)35)10-11-36-4)12-16-13-27-18-9-7-6-8-17(16)18/h6-9,13-15,19-21,27H,5,10-12,26H2,1-4H3,(H,28,33)(H,29,32)(H,30,31)(H,34,35). The molecule has 0 bridgehead atoms. The van der Waals surface area contributed by atoms with Crippen LogP contribution in [0.3, 0.4) is 0 Å². The van der Waals surface area contributed by atoms with Crippen molar-refractivity contribution in [1.82, 2.24) is 20.9 Å². The third-order valence-corrected chi connectivity index (χ3v) is 6.91. The third kappa shape index (κ3) is 7.99. The highest BCUT2D eigenvalue weighted by molar-refractivity contribution is 7.98. The minimum atomic E-state index is -1.14. The number of benzene rings is 1. The number of fused-ring (bicyclic) bond motifs is 1. The monoisotopic (exact) mass is 519 g/mol. The van der Waals surface area contributed by atoms with Gasteiger partial charge in [-0.15, -0.1) is 0 Å². The van der Waals surface area contributed by atoms with Crippen LogP contribution < -0.4 is 21.7 Å². The van der Waals surface area contributed by atoms with Crippen LogP contribution in [0.2, 0.25) is 0 Å². The first-order chi connectivity index (χ1) is 17.1. The van der Waals surface area contributed by atoms with Crippen molar-refractivity contribution in [1.29, 1.82) is 0 Å². The number of carboxylic acid groups (broad SMARTS) is 1. The Hall–Kier alpha value is -3.05. The first-order valence-corrected chi connectivity index (χ1v) is 13.4. The molecular formula is C25H37N5O5S. The van der Waals surface area contributed by atoms with E-state index in [1.165, 1.54) is 18.7 Å².